The minimum atomic E-state index is 0.332. The molecular formula is C12H16ClNO. The molecule has 3 heteroatoms. The van der Waals surface area contributed by atoms with Crippen molar-refractivity contribution in [3.05, 3.63) is 29.8 Å². The van der Waals surface area contributed by atoms with Crippen molar-refractivity contribution in [1.82, 2.24) is 4.90 Å². The van der Waals surface area contributed by atoms with E-state index in [0.717, 1.165) is 32.5 Å². The van der Waals surface area contributed by atoms with Crippen LogP contribution in [0.3, 0.4) is 0 Å². The molecule has 1 aliphatic rings. The summed E-state index contributed by atoms with van der Waals surface area (Å²) >= 11 is 6.05. The van der Waals surface area contributed by atoms with Gasteiger partial charge in [0.05, 0.1) is 0 Å². The van der Waals surface area contributed by atoms with Crippen LogP contribution >= 0.6 is 11.6 Å². The molecule has 1 fully saturated rings. The number of alkyl halides is 1. The van der Waals surface area contributed by atoms with Crippen LogP contribution in [0.1, 0.15) is 18.4 Å². The van der Waals surface area contributed by atoms with Crippen LogP contribution in [0.4, 0.5) is 0 Å². The normalized spacial score (nSPS) is 19.3. The summed E-state index contributed by atoms with van der Waals surface area (Å²) in [5.41, 5.74) is 1.25. The third-order valence-corrected chi connectivity index (χ3v) is 3.30. The van der Waals surface area contributed by atoms with E-state index in [0.29, 0.717) is 11.1 Å². The Morgan fingerprint density at radius 1 is 1.20 bits per heavy atom. The number of phenolic OH excluding ortho intramolecular Hbond substituents is 1. The minimum absolute atomic E-state index is 0.332. The van der Waals surface area contributed by atoms with Crippen LogP contribution in [0, 0.1) is 0 Å². The average molecular weight is 226 g/mol. The highest BCUT2D eigenvalue weighted by molar-refractivity contribution is 6.20. The standard InChI is InChI=1S/C12H16ClNO/c13-11-5-7-14(8-6-11)9-10-1-3-12(15)4-2-10/h1-4,11,15H,5-9H2. The lowest BCUT2D eigenvalue weighted by molar-refractivity contribution is 0.223. The van der Waals surface area contributed by atoms with Crippen molar-refractivity contribution < 1.29 is 5.11 Å². The molecule has 1 aliphatic heterocycles. The van der Waals surface area contributed by atoms with Crippen molar-refractivity contribution in [3.8, 4) is 5.75 Å². The number of piperidine rings is 1. The summed E-state index contributed by atoms with van der Waals surface area (Å²) in [5, 5.41) is 9.53. The summed E-state index contributed by atoms with van der Waals surface area (Å²) in [6.07, 6.45) is 2.17. The first kappa shape index (κ1) is 10.8. The van der Waals surface area contributed by atoms with Crippen LogP contribution < -0.4 is 0 Å². The fourth-order valence-electron chi connectivity index (χ4n) is 1.92. The Bertz CT molecular complexity index is 304. The van der Waals surface area contributed by atoms with Crippen LogP contribution in [-0.4, -0.2) is 28.5 Å². The molecule has 2 rings (SSSR count). The Balaban J connectivity index is 1.89. The summed E-state index contributed by atoms with van der Waals surface area (Å²) < 4.78 is 0. The van der Waals surface area contributed by atoms with Crippen LogP contribution in [0.25, 0.3) is 0 Å². The van der Waals surface area contributed by atoms with Gasteiger partial charge in [-0.05, 0) is 43.6 Å². The van der Waals surface area contributed by atoms with Crippen molar-refractivity contribution in [1.29, 1.82) is 0 Å². The number of hydrogen-bond acceptors (Lipinski definition) is 2. The van der Waals surface area contributed by atoms with E-state index < -0.39 is 0 Å². The Kier molecular flexibility index (Phi) is 3.49. The van der Waals surface area contributed by atoms with Gasteiger partial charge in [0.15, 0.2) is 0 Å². The Hall–Kier alpha value is -0.730. The molecule has 0 spiro atoms. The smallest absolute Gasteiger partial charge is 0.115 e. The minimum Gasteiger partial charge on any atom is -0.508 e. The molecule has 0 unspecified atom stereocenters. The number of rotatable bonds is 2. The van der Waals surface area contributed by atoms with Gasteiger partial charge in [-0.25, -0.2) is 0 Å². The van der Waals surface area contributed by atoms with E-state index >= 15 is 0 Å². The maximum Gasteiger partial charge on any atom is 0.115 e. The highest BCUT2D eigenvalue weighted by Gasteiger charge is 2.16. The molecule has 82 valence electrons. The number of aromatic hydroxyl groups is 1. The van der Waals surface area contributed by atoms with Gasteiger partial charge in [0.1, 0.15) is 5.75 Å². The van der Waals surface area contributed by atoms with Gasteiger partial charge >= 0.3 is 0 Å². The van der Waals surface area contributed by atoms with Gasteiger partial charge in [0, 0.05) is 11.9 Å². The summed E-state index contributed by atoms with van der Waals surface area (Å²) in [5.74, 6) is 0.332. The maximum atomic E-state index is 9.17. The monoisotopic (exact) mass is 225 g/mol. The molecule has 0 aliphatic carbocycles. The largest absolute Gasteiger partial charge is 0.508 e. The van der Waals surface area contributed by atoms with Gasteiger partial charge in [0.25, 0.3) is 0 Å². The number of halogens is 1. The zero-order valence-corrected chi connectivity index (χ0v) is 9.45. The summed E-state index contributed by atoms with van der Waals surface area (Å²) in [7, 11) is 0. The fourth-order valence-corrected chi connectivity index (χ4v) is 2.11. The number of nitrogens with zero attached hydrogens (tertiary/aromatic N) is 1. The van der Waals surface area contributed by atoms with E-state index in [1.165, 1.54) is 5.56 Å². The molecule has 0 bridgehead atoms. The van der Waals surface area contributed by atoms with Crippen molar-refractivity contribution in [2.45, 2.75) is 24.8 Å². The Labute approximate surface area is 95.5 Å². The Morgan fingerprint density at radius 3 is 2.40 bits per heavy atom. The molecule has 0 atom stereocenters. The molecule has 1 saturated heterocycles. The second kappa shape index (κ2) is 4.86. The quantitative estimate of drug-likeness (QED) is 0.783. The maximum absolute atomic E-state index is 9.17. The topological polar surface area (TPSA) is 23.5 Å². The van der Waals surface area contributed by atoms with Crippen LogP contribution in [0.2, 0.25) is 0 Å². The highest BCUT2D eigenvalue weighted by Crippen LogP contribution is 2.18. The Morgan fingerprint density at radius 2 is 1.80 bits per heavy atom. The third-order valence-electron chi connectivity index (χ3n) is 2.86. The molecule has 0 radical (unpaired) electrons. The number of likely N-dealkylation sites (tertiary alicyclic amines) is 1. The van der Waals surface area contributed by atoms with Gasteiger partial charge in [-0.1, -0.05) is 12.1 Å². The molecule has 1 heterocycles. The molecule has 0 amide bonds. The highest BCUT2D eigenvalue weighted by atomic mass is 35.5. The second-order valence-corrected chi connectivity index (χ2v) is 4.73. The number of hydrogen-bond donors (Lipinski definition) is 1. The van der Waals surface area contributed by atoms with Crippen molar-refractivity contribution >= 4 is 11.6 Å². The van der Waals surface area contributed by atoms with E-state index in [2.05, 4.69) is 4.90 Å². The zero-order chi connectivity index (χ0) is 10.7. The van der Waals surface area contributed by atoms with E-state index in [1.807, 2.05) is 12.1 Å². The van der Waals surface area contributed by atoms with E-state index in [4.69, 9.17) is 16.7 Å². The zero-order valence-electron chi connectivity index (χ0n) is 8.69. The first-order valence-corrected chi connectivity index (χ1v) is 5.82. The molecule has 1 aromatic rings. The molecule has 0 saturated carbocycles. The van der Waals surface area contributed by atoms with Gasteiger partial charge in [-0.15, -0.1) is 11.6 Å². The van der Waals surface area contributed by atoms with E-state index in [1.54, 1.807) is 12.1 Å². The second-order valence-electron chi connectivity index (χ2n) is 4.12. The average Bonchev–Trinajstić information content (AvgIpc) is 2.25. The fraction of sp³-hybridized carbons (Fsp3) is 0.500. The third kappa shape index (κ3) is 3.11. The van der Waals surface area contributed by atoms with Gasteiger partial charge < -0.3 is 5.11 Å². The predicted molar refractivity (Wildman–Crippen MR) is 62.3 cm³/mol. The predicted octanol–water partition coefficient (Wildman–Crippen LogP) is 2.60. The van der Waals surface area contributed by atoms with Crippen molar-refractivity contribution in [3.63, 3.8) is 0 Å². The number of benzene rings is 1. The number of phenols is 1. The lowest BCUT2D eigenvalue weighted by Crippen LogP contribution is -2.33. The molecular weight excluding hydrogens is 210 g/mol. The first-order valence-electron chi connectivity index (χ1n) is 5.38. The van der Waals surface area contributed by atoms with Crippen molar-refractivity contribution in [2.75, 3.05) is 13.1 Å². The molecule has 15 heavy (non-hydrogen) atoms. The van der Waals surface area contributed by atoms with Gasteiger partial charge in [-0.3, -0.25) is 4.90 Å². The lowest BCUT2D eigenvalue weighted by atomic mass is 10.1. The summed E-state index contributed by atoms with van der Waals surface area (Å²) in [6.45, 7) is 3.12. The molecule has 0 aromatic heterocycles. The van der Waals surface area contributed by atoms with Crippen LogP contribution in [-0.2, 0) is 6.54 Å². The molecule has 1 N–H and O–H groups in total. The van der Waals surface area contributed by atoms with E-state index in [-0.39, 0.29) is 0 Å². The van der Waals surface area contributed by atoms with E-state index in [9.17, 15) is 0 Å². The molecule has 1 aromatic carbocycles. The van der Waals surface area contributed by atoms with Crippen LogP contribution in [0.5, 0.6) is 5.75 Å². The lowest BCUT2D eigenvalue weighted by Gasteiger charge is -2.29. The van der Waals surface area contributed by atoms with Crippen molar-refractivity contribution in [2.24, 2.45) is 0 Å². The van der Waals surface area contributed by atoms with Crippen LogP contribution in [0.15, 0.2) is 24.3 Å². The summed E-state index contributed by atoms with van der Waals surface area (Å²) in [4.78, 5) is 2.41. The SMILES string of the molecule is Oc1ccc(CN2CCC(Cl)CC2)cc1. The molecule has 2 nitrogen and oxygen atoms in total. The summed E-state index contributed by atoms with van der Waals surface area (Å²) in [6, 6.07) is 7.43. The van der Waals surface area contributed by atoms with Gasteiger partial charge in [0.2, 0.25) is 0 Å². The van der Waals surface area contributed by atoms with Gasteiger partial charge in [-0.2, -0.15) is 0 Å². The first-order chi connectivity index (χ1) is 7.24.